The molecule has 0 bridgehead atoms. The quantitative estimate of drug-likeness (QED) is 0.801. The van der Waals surface area contributed by atoms with Crippen LogP contribution in [0.4, 0.5) is 0 Å². The minimum absolute atomic E-state index is 0.236. The molecule has 0 saturated heterocycles. The molecule has 0 aliphatic heterocycles. The normalized spacial score (nSPS) is 11.0. The third-order valence-electron chi connectivity index (χ3n) is 2.33. The Balaban J connectivity index is 2.37. The highest BCUT2D eigenvalue weighted by Gasteiger charge is 2.03. The average molecular weight is 210 g/mol. The highest BCUT2D eigenvalue weighted by atomic mass is 35.5. The van der Waals surface area contributed by atoms with E-state index in [-0.39, 0.29) is 6.61 Å². The monoisotopic (exact) mass is 209 g/mol. The highest BCUT2D eigenvalue weighted by Crippen LogP contribution is 2.22. The summed E-state index contributed by atoms with van der Waals surface area (Å²) in [5.41, 5.74) is 2.30. The Morgan fingerprint density at radius 1 is 1.36 bits per heavy atom. The molecule has 2 aromatic rings. The molecule has 2 rings (SSSR count). The van der Waals surface area contributed by atoms with Crippen LogP contribution >= 0.6 is 11.6 Å². The molecule has 1 aromatic carbocycles. The van der Waals surface area contributed by atoms with Gasteiger partial charge in [-0.25, -0.2) is 0 Å². The first-order valence-corrected chi connectivity index (χ1v) is 5.05. The Kier molecular flexibility index (Phi) is 2.75. The van der Waals surface area contributed by atoms with Crippen molar-refractivity contribution in [3.8, 4) is 0 Å². The van der Waals surface area contributed by atoms with Crippen LogP contribution in [0.3, 0.4) is 0 Å². The summed E-state index contributed by atoms with van der Waals surface area (Å²) in [7, 11) is 0. The van der Waals surface area contributed by atoms with Gasteiger partial charge in [-0.2, -0.15) is 0 Å². The Hall–Kier alpha value is -0.990. The number of fused-ring (bicyclic) bond motifs is 1. The van der Waals surface area contributed by atoms with Crippen molar-refractivity contribution in [2.24, 2.45) is 0 Å². The summed E-state index contributed by atoms with van der Waals surface area (Å²) in [5.74, 6) is 0. The van der Waals surface area contributed by atoms with E-state index in [0.29, 0.717) is 0 Å². The van der Waals surface area contributed by atoms with Crippen LogP contribution in [0.1, 0.15) is 12.0 Å². The Labute approximate surface area is 87.5 Å². The molecule has 0 atom stereocenters. The van der Waals surface area contributed by atoms with Gasteiger partial charge in [0.2, 0.25) is 0 Å². The molecule has 0 saturated carbocycles. The van der Waals surface area contributed by atoms with Crippen LogP contribution in [0.5, 0.6) is 0 Å². The van der Waals surface area contributed by atoms with Gasteiger partial charge < -0.3 is 10.1 Å². The fourth-order valence-electron chi connectivity index (χ4n) is 1.63. The van der Waals surface area contributed by atoms with Crippen molar-refractivity contribution < 1.29 is 5.11 Å². The van der Waals surface area contributed by atoms with E-state index in [2.05, 4.69) is 4.98 Å². The molecular weight excluding hydrogens is 198 g/mol. The lowest BCUT2D eigenvalue weighted by Gasteiger charge is -1.96. The number of aliphatic hydroxyl groups excluding tert-OH is 1. The number of aromatic amines is 1. The third-order valence-corrected chi connectivity index (χ3v) is 2.57. The number of hydrogen-bond donors (Lipinski definition) is 2. The fraction of sp³-hybridized carbons (Fsp3) is 0.273. The maximum Gasteiger partial charge on any atom is 0.0471 e. The topological polar surface area (TPSA) is 36.0 Å². The third kappa shape index (κ3) is 1.76. The summed E-state index contributed by atoms with van der Waals surface area (Å²) in [6.45, 7) is 0.236. The van der Waals surface area contributed by atoms with Gasteiger partial charge in [0, 0.05) is 28.7 Å². The van der Waals surface area contributed by atoms with Crippen LogP contribution in [-0.4, -0.2) is 16.7 Å². The summed E-state index contributed by atoms with van der Waals surface area (Å²) in [6.07, 6.45) is 3.68. The minimum atomic E-state index is 0.236. The van der Waals surface area contributed by atoms with Gasteiger partial charge >= 0.3 is 0 Å². The predicted molar refractivity (Wildman–Crippen MR) is 58.7 cm³/mol. The van der Waals surface area contributed by atoms with E-state index >= 15 is 0 Å². The smallest absolute Gasteiger partial charge is 0.0471 e. The van der Waals surface area contributed by atoms with E-state index in [1.165, 1.54) is 10.9 Å². The number of aryl methyl sites for hydroxylation is 1. The summed E-state index contributed by atoms with van der Waals surface area (Å²) in [5, 5.41) is 10.7. The molecule has 2 N–H and O–H groups in total. The number of hydrogen-bond acceptors (Lipinski definition) is 1. The lowest BCUT2D eigenvalue weighted by Crippen LogP contribution is -1.87. The number of aliphatic hydroxyl groups is 1. The van der Waals surface area contributed by atoms with Crippen molar-refractivity contribution in [3.63, 3.8) is 0 Å². The van der Waals surface area contributed by atoms with E-state index < -0.39 is 0 Å². The van der Waals surface area contributed by atoms with Gasteiger partial charge in [0.1, 0.15) is 0 Å². The molecule has 1 heterocycles. The molecule has 0 radical (unpaired) electrons. The van der Waals surface area contributed by atoms with Crippen LogP contribution < -0.4 is 0 Å². The summed E-state index contributed by atoms with van der Waals surface area (Å²) in [6, 6.07) is 5.82. The second-order valence-electron chi connectivity index (χ2n) is 3.33. The van der Waals surface area contributed by atoms with Crippen LogP contribution in [0.15, 0.2) is 24.4 Å². The zero-order valence-electron chi connectivity index (χ0n) is 7.76. The van der Waals surface area contributed by atoms with Crippen LogP contribution in [0.2, 0.25) is 5.02 Å². The number of H-pyrrole nitrogens is 1. The van der Waals surface area contributed by atoms with E-state index in [4.69, 9.17) is 16.7 Å². The van der Waals surface area contributed by atoms with E-state index in [1.54, 1.807) is 0 Å². The molecular formula is C11H12ClNO. The number of nitrogens with one attached hydrogen (secondary N) is 1. The second kappa shape index (κ2) is 4.03. The summed E-state index contributed by atoms with van der Waals surface area (Å²) < 4.78 is 0. The Morgan fingerprint density at radius 2 is 2.21 bits per heavy atom. The molecule has 2 nitrogen and oxygen atoms in total. The van der Waals surface area contributed by atoms with Gasteiger partial charge in [-0.1, -0.05) is 17.7 Å². The molecule has 14 heavy (non-hydrogen) atoms. The largest absolute Gasteiger partial charge is 0.396 e. The lowest BCUT2D eigenvalue weighted by molar-refractivity contribution is 0.289. The molecule has 1 aromatic heterocycles. The van der Waals surface area contributed by atoms with Crippen molar-refractivity contribution in [1.29, 1.82) is 0 Å². The lowest BCUT2D eigenvalue weighted by atomic mass is 10.1. The zero-order valence-corrected chi connectivity index (χ0v) is 8.51. The van der Waals surface area contributed by atoms with Gasteiger partial charge in [0.15, 0.2) is 0 Å². The predicted octanol–water partition coefficient (Wildman–Crippen LogP) is 2.75. The molecule has 0 aliphatic carbocycles. The Bertz CT molecular complexity index is 436. The average Bonchev–Trinajstić information content (AvgIpc) is 2.57. The van der Waals surface area contributed by atoms with Crippen LogP contribution in [0, 0.1) is 0 Å². The van der Waals surface area contributed by atoms with E-state index in [0.717, 1.165) is 23.4 Å². The van der Waals surface area contributed by atoms with Crippen molar-refractivity contribution in [3.05, 3.63) is 35.0 Å². The van der Waals surface area contributed by atoms with Gasteiger partial charge in [-0.3, -0.25) is 0 Å². The van der Waals surface area contributed by atoms with Crippen molar-refractivity contribution >= 4 is 22.5 Å². The Morgan fingerprint density at radius 3 is 3.00 bits per heavy atom. The maximum absolute atomic E-state index is 8.75. The fourth-order valence-corrected chi connectivity index (χ4v) is 1.81. The van der Waals surface area contributed by atoms with Crippen LogP contribution in [-0.2, 0) is 6.42 Å². The standard InChI is InChI=1S/C11H12ClNO/c12-9-3-4-10-8(2-1-5-14)7-13-11(10)6-9/h3-4,6-7,13-14H,1-2,5H2. The molecule has 0 aliphatic rings. The van der Waals surface area contributed by atoms with Gasteiger partial charge in [-0.15, -0.1) is 0 Å². The molecule has 0 spiro atoms. The first-order valence-electron chi connectivity index (χ1n) is 4.67. The summed E-state index contributed by atoms with van der Waals surface area (Å²) in [4.78, 5) is 3.17. The molecule has 0 amide bonds. The molecule has 3 heteroatoms. The van der Waals surface area contributed by atoms with Gasteiger partial charge in [-0.05, 0) is 30.5 Å². The molecule has 74 valence electrons. The maximum atomic E-state index is 8.75. The van der Waals surface area contributed by atoms with Crippen molar-refractivity contribution in [1.82, 2.24) is 4.98 Å². The van der Waals surface area contributed by atoms with Gasteiger partial charge in [0.25, 0.3) is 0 Å². The van der Waals surface area contributed by atoms with Gasteiger partial charge in [0.05, 0.1) is 0 Å². The highest BCUT2D eigenvalue weighted by molar-refractivity contribution is 6.31. The summed E-state index contributed by atoms with van der Waals surface area (Å²) >= 11 is 5.87. The number of aromatic nitrogens is 1. The first kappa shape index (κ1) is 9.56. The number of rotatable bonds is 3. The second-order valence-corrected chi connectivity index (χ2v) is 3.77. The van der Waals surface area contributed by atoms with E-state index in [1.807, 2.05) is 24.4 Å². The molecule has 0 unspecified atom stereocenters. The number of benzene rings is 1. The van der Waals surface area contributed by atoms with Crippen molar-refractivity contribution in [2.45, 2.75) is 12.8 Å². The SMILES string of the molecule is OCCCc1c[nH]c2cc(Cl)ccc12. The first-order chi connectivity index (χ1) is 6.81. The number of halogens is 1. The van der Waals surface area contributed by atoms with Crippen molar-refractivity contribution in [2.75, 3.05) is 6.61 Å². The van der Waals surface area contributed by atoms with E-state index in [9.17, 15) is 0 Å². The zero-order chi connectivity index (χ0) is 9.97. The minimum Gasteiger partial charge on any atom is -0.396 e. The van der Waals surface area contributed by atoms with Crippen LogP contribution in [0.25, 0.3) is 10.9 Å². The molecule has 0 fully saturated rings.